The number of pyridine rings is 2. The van der Waals surface area contributed by atoms with Crippen LogP contribution in [0.1, 0.15) is 72.3 Å². The van der Waals surface area contributed by atoms with Gasteiger partial charge in [0.1, 0.15) is 23.0 Å². The predicted molar refractivity (Wildman–Crippen MR) is 163 cm³/mol. The van der Waals surface area contributed by atoms with E-state index in [1.54, 1.807) is 38.1 Å². The molecule has 1 unspecified atom stereocenters. The van der Waals surface area contributed by atoms with Crippen molar-refractivity contribution in [1.82, 2.24) is 19.4 Å². The third kappa shape index (κ3) is 5.22. The maximum atomic E-state index is 14.3. The summed E-state index contributed by atoms with van der Waals surface area (Å²) < 4.78 is 16.4. The van der Waals surface area contributed by atoms with Crippen molar-refractivity contribution in [1.29, 1.82) is 0 Å². The molecule has 5 rings (SSSR count). The van der Waals surface area contributed by atoms with Crippen LogP contribution in [0.4, 0.5) is 10.2 Å². The van der Waals surface area contributed by atoms with E-state index in [4.69, 9.17) is 16.6 Å². The van der Waals surface area contributed by atoms with Crippen LogP contribution in [0.25, 0.3) is 22.2 Å². The number of aromatic nitrogens is 3. The number of carboxylic acid groups (broad SMARTS) is 1. The van der Waals surface area contributed by atoms with Gasteiger partial charge >= 0.3 is 5.97 Å². The number of carbonyl (C=O) groups excluding carboxylic acids is 1. The molecule has 3 aromatic heterocycles. The lowest BCUT2D eigenvalue weighted by atomic mass is 9.97. The highest BCUT2D eigenvalue weighted by atomic mass is 35.5. The van der Waals surface area contributed by atoms with Crippen molar-refractivity contribution in [3.63, 3.8) is 0 Å². The van der Waals surface area contributed by atoms with Crippen LogP contribution in [0.15, 0.2) is 42.6 Å². The normalized spacial score (nSPS) is 15.7. The van der Waals surface area contributed by atoms with Gasteiger partial charge in [-0.2, -0.15) is 0 Å². The summed E-state index contributed by atoms with van der Waals surface area (Å²) in [5.41, 5.74) is 3.33. The van der Waals surface area contributed by atoms with E-state index in [2.05, 4.69) is 23.7 Å². The molecule has 1 aliphatic rings. The molecule has 1 atom stereocenters. The van der Waals surface area contributed by atoms with Gasteiger partial charge in [-0.15, -0.1) is 0 Å². The molecule has 10 heteroatoms. The van der Waals surface area contributed by atoms with Crippen LogP contribution >= 0.6 is 11.6 Å². The van der Waals surface area contributed by atoms with Crippen molar-refractivity contribution in [2.45, 2.75) is 59.5 Å². The number of aryl methyl sites for hydroxylation is 2. The number of hydrogen-bond donors (Lipinski definition) is 1. The Labute approximate surface area is 249 Å². The lowest BCUT2D eigenvalue weighted by Crippen LogP contribution is -2.61. The molecule has 220 valence electrons. The fourth-order valence-electron chi connectivity index (χ4n) is 5.83. The van der Waals surface area contributed by atoms with Crippen LogP contribution in [0.3, 0.4) is 0 Å². The minimum atomic E-state index is -0.990. The van der Waals surface area contributed by atoms with Crippen LogP contribution in [-0.2, 0) is 0 Å². The van der Waals surface area contributed by atoms with Crippen molar-refractivity contribution in [3.05, 3.63) is 75.9 Å². The van der Waals surface area contributed by atoms with E-state index in [1.165, 1.54) is 6.07 Å². The number of carbonyl (C=O) groups is 2. The first-order valence-corrected chi connectivity index (χ1v) is 14.5. The van der Waals surface area contributed by atoms with Crippen molar-refractivity contribution in [3.8, 4) is 11.1 Å². The Morgan fingerprint density at radius 1 is 1.12 bits per heavy atom. The molecule has 0 saturated carbocycles. The Hall–Kier alpha value is -3.98. The van der Waals surface area contributed by atoms with Crippen molar-refractivity contribution in [2.75, 3.05) is 24.5 Å². The molecule has 0 bridgehead atoms. The summed E-state index contributed by atoms with van der Waals surface area (Å²) in [6.07, 6.45) is 2.82. The zero-order valence-corrected chi connectivity index (χ0v) is 25.5. The highest BCUT2D eigenvalue weighted by molar-refractivity contribution is 6.30. The van der Waals surface area contributed by atoms with Gasteiger partial charge in [0.2, 0.25) is 0 Å². The summed E-state index contributed by atoms with van der Waals surface area (Å²) in [4.78, 5) is 38.9. The van der Waals surface area contributed by atoms with E-state index in [1.807, 2.05) is 35.6 Å². The summed E-state index contributed by atoms with van der Waals surface area (Å²) in [6, 6.07) is 10.3. The smallest absolute Gasteiger partial charge is 0.337 e. The van der Waals surface area contributed by atoms with E-state index in [0.717, 1.165) is 17.4 Å². The van der Waals surface area contributed by atoms with Gasteiger partial charge in [-0.1, -0.05) is 24.6 Å². The van der Waals surface area contributed by atoms with Gasteiger partial charge in [-0.25, -0.2) is 19.2 Å². The summed E-state index contributed by atoms with van der Waals surface area (Å²) in [7, 11) is 0. The van der Waals surface area contributed by atoms with Gasteiger partial charge in [-0.3, -0.25) is 4.79 Å². The molecule has 42 heavy (non-hydrogen) atoms. The molecule has 0 aliphatic carbocycles. The molecule has 1 N–H and O–H groups in total. The first kappa shape index (κ1) is 29.5. The van der Waals surface area contributed by atoms with Gasteiger partial charge in [0.15, 0.2) is 0 Å². The third-order valence-electron chi connectivity index (χ3n) is 8.26. The summed E-state index contributed by atoms with van der Waals surface area (Å²) in [5, 5.41) is 10.4. The summed E-state index contributed by atoms with van der Waals surface area (Å²) >= 11 is 5.93. The number of anilines is 1. The van der Waals surface area contributed by atoms with Crippen molar-refractivity contribution in [2.24, 2.45) is 0 Å². The minimum Gasteiger partial charge on any atom is -0.478 e. The SMILES string of the molecule is CCC(C)n1cc(-c2ccc(Cl)c(F)c2)c2ccc(C(=O)N3CCN(c4cc(C)c(C(=O)O)c(C)n4)CC3(C)C)nc21. The summed E-state index contributed by atoms with van der Waals surface area (Å²) in [5.74, 6) is -0.944. The van der Waals surface area contributed by atoms with E-state index in [0.29, 0.717) is 53.6 Å². The Balaban J connectivity index is 1.46. The van der Waals surface area contributed by atoms with Gasteiger partial charge in [0.05, 0.1) is 21.8 Å². The quantitative estimate of drug-likeness (QED) is 0.262. The number of rotatable bonds is 6. The number of fused-ring (bicyclic) bond motifs is 1. The van der Waals surface area contributed by atoms with E-state index in [-0.39, 0.29) is 22.5 Å². The maximum Gasteiger partial charge on any atom is 0.337 e. The number of piperazine rings is 1. The second-order valence-corrected chi connectivity index (χ2v) is 12.1. The zero-order chi connectivity index (χ0) is 30.5. The monoisotopic (exact) mass is 591 g/mol. The van der Waals surface area contributed by atoms with Crippen molar-refractivity contribution < 1.29 is 19.1 Å². The van der Waals surface area contributed by atoms with Crippen LogP contribution in [0.5, 0.6) is 0 Å². The first-order chi connectivity index (χ1) is 19.8. The number of amides is 1. The maximum absolute atomic E-state index is 14.3. The Morgan fingerprint density at radius 3 is 2.48 bits per heavy atom. The Bertz CT molecular complexity index is 1690. The summed E-state index contributed by atoms with van der Waals surface area (Å²) in [6.45, 7) is 13.2. The predicted octanol–water partition coefficient (Wildman–Crippen LogP) is 6.92. The highest BCUT2D eigenvalue weighted by Gasteiger charge is 2.38. The van der Waals surface area contributed by atoms with E-state index >= 15 is 0 Å². The fourth-order valence-corrected chi connectivity index (χ4v) is 5.95. The van der Waals surface area contributed by atoms with Gasteiger partial charge in [-0.05, 0) is 82.5 Å². The molecule has 8 nitrogen and oxygen atoms in total. The number of benzene rings is 1. The van der Waals surface area contributed by atoms with Crippen LogP contribution in [0, 0.1) is 19.7 Å². The molecule has 1 fully saturated rings. The minimum absolute atomic E-state index is 0.0662. The molecule has 4 heterocycles. The standard InChI is InChI=1S/C32H35ClFN5O3/c1-7-19(3)38-16-23(21-8-10-24(33)25(34)15-21)22-9-11-26(36-29(22)38)30(40)39-13-12-37(17-32(39,5)6)27-14-18(2)28(31(41)42)20(4)35-27/h8-11,14-16,19H,7,12-13,17H2,1-6H3,(H,41,42). The number of hydrogen-bond acceptors (Lipinski definition) is 5. The van der Waals surface area contributed by atoms with E-state index in [9.17, 15) is 19.1 Å². The largest absolute Gasteiger partial charge is 0.478 e. The number of halogens is 2. The molecule has 1 aliphatic heterocycles. The van der Waals surface area contributed by atoms with Crippen LogP contribution < -0.4 is 4.90 Å². The molecule has 1 amide bonds. The second kappa shape index (κ2) is 11.0. The van der Waals surface area contributed by atoms with Gasteiger partial charge < -0.3 is 19.5 Å². The zero-order valence-electron chi connectivity index (χ0n) is 24.7. The number of aromatic carboxylic acids is 1. The Kier molecular flexibility index (Phi) is 7.74. The number of nitrogens with zero attached hydrogens (tertiary/aromatic N) is 5. The topological polar surface area (TPSA) is 91.6 Å². The van der Waals surface area contributed by atoms with Crippen LogP contribution in [-0.4, -0.2) is 61.6 Å². The highest BCUT2D eigenvalue weighted by Crippen LogP contribution is 2.35. The molecular formula is C32H35ClFN5O3. The Morgan fingerprint density at radius 2 is 1.86 bits per heavy atom. The van der Waals surface area contributed by atoms with E-state index < -0.39 is 17.3 Å². The fraction of sp³-hybridized carbons (Fsp3) is 0.375. The second-order valence-electron chi connectivity index (χ2n) is 11.7. The molecule has 1 aromatic carbocycles. The molecule has 0 radical (unpaired) electrons. The number of carboxylic acids is 1. The van der Waals surface area contributed by atoms with Gasteiger partial charge in [0, 0.05) is 42.8 Å². The molecular weight excluding hydrogens is 557 g/mol. The lowest BCUT2D eigenvalue weighted by molar-refractivity contribution is 0.0507. The van der Waals surface area contributed by atoms with Gasteiger partial charge in [0.25, 0.3) is 5.91 Å². The third-order valence-corrected chi connectivity index (χ3v) is 8.57. The lowest BCUT2D eigenvalue weighted by Gasteiger charge is -2.47. The average molecular weight is 592 g/mol. The van der Waals surface area contributed by atoms with Crippen molar-refractivity contribution >= 4 is 40.3 Å². The first-order valence-electron chi connectivity index (χ1n) is 14.1. The molecule has 4 aromatic rings. The average Bonchev–Trinajstić information content (AvgIpc) is 3.31. The molecule has 0 spiro atoms. The molecule has 1 saturated heterocycles. The van der Waals surface area contributed by atoms with Crippen LogP contribution in [0.2, 0.25) is 5.02 Å².